The fourth-order valence-corrected chi connectivity index (χ4v) is 4.34. The van der Waals surface area contributed by atoms with Crippen molar-refractivity contribution in [1.29, 1.82) is 10.5 Å². The first kappa shape index (κ1) is 25.3. The van der Waals surface area contributed by atoms with E-state index in [1.165, 1.54) is 0 Å². The smallest absolute Gasteiger partial charge is 0.264 e. The zero-order valence-electron chi connectivity index (χ0n) is 20.6. The average molecular weight is 489 g/mol. The molecule has 1 heterocycles. The highest BCUT2D eigenvalue weighted by Gasteiger charge is 2.24. The molecule has 6 nitrogen and oxygen atoms in total. The van der Waals surface area contributed by atoms with E-state index in [-0.39, 0.29) is 18.1 Å². The number of carbonyl (C=O) groups excluding carboxylic acids is 1. The maximum Gasteiger partial charge on any atom is 0.264 e. The standard InChI is InChI=1S/C31H28N4O2/c1-2-8-25-19-24(13-14-30(25)37-23-27-10-7-6-9-26(27)21-32)20-28(22-33)31(36)35-17-15-34(16-18-35)29-11-4-3-5-12-29/h2-7,9-14,19-20H,1,8,15-18,23H2/b28-20-. The third-order valence-electron chi connectivity index (χ3n) is 6.32. The van der Waals surface area contributed by atoms with Crippen LogP contribution >= 0.6 is 0 Å². The lowest BCUT2D eigenvalue weighted by molar-refractivity contribution is -0.126. The van der Waals surface area contributed by atoms with Crippen LogP contribution in [0.1, 0.15) is 22.3 Å². The van der Waals surface area contributed by atoms with Gasteiger partial charge >= 0.3 is 0 Å². The van der Waals surface area contributed by atoms with Crippen molar-refractivity contribution in [3.8, 4) is 17.9 Å². The zero-order valence-corrected chi connectivity index (χ0v) is 20.6. The molecule has 0 N–H and O–H groups in total. The van der Waals surface area contributed by atoms with E-state index in [0.717, 1.165) is 35.5 Å². The molecule has 0 unspecified atom stereocenters. The molecule has 3 aromatic carbocycles. The molecule has 0 radical (unpaired) electrons. The van der Waals surface area contributed by atoms with Crippen molar-refractivity contribution >= 4 is 17.7 Å². The van der Waals surface area contributed by atoms with E-state index in [9.17, 15) is 15.3 Å². The molecule has 0 atom stereocenters. The molecular weight excluding hydrogens is 460 g/mol. The summed E-state index contributed by atoms with van der Waals surface area (Å²) < 4.78 is 6.03. The molecule has 0 aliphatic carbocycles. The number of hydrogen-bond acceptors (Lipinski definition) is 5. The Labute approximate surface area is 217 Å². The highest BCUT2D eigenvalue weighted by molar-refractivity contribution is 6.01. The molecule has 0 saturated carbocycles. The van der Waals surface area contributed by atoms with Gasteiger partial charge in [-0.3, -0.25) is 4.79 Å². The lowest BCUT2D eigenvalue weighted by Crippen LogP contribution is -2.49. The molecule has 1 aliphatic heterocycles. The topological polar surface area (TPSA) is 80.4 Å². The highest BCUT2D eigenvalue weighted by Crippen LogP contribution is 2.25. The number of piperazine rings is 1. The van der Waals surface area contributed by atoms with Gasteiger partial charge in [0, 0.05) is 37.4 Å². The van der Waals surface area contributed by atoms with Gasteiger partial charge in [0.25, 0.3) is 5.91 Å². The summed E-state index contributed by atoms with van der Waals surface area (Å²) >= 11 is 0. The molecule has 4 rings (SSSR count). The normalized spacial score (nSPS) is 13.4. The number of para-hydroxylation sites is 1. The molecule has 1 fully saturated rings. The van der Waals surface area contributed by atoms with Crippen molar-refractivity contribution in [2.24, 2.45) is 0 Å². The fraction of sp³-hybridized carbons (Fsp3) is 0.194. The van der Waals surface area contributed by atoms with Crippen molar-refractivity contribution in [2.75, 3.05) is 31.1 Å². The minimum atomic E-state index is -0.256. The van der Waals surface area contributed by atoms with Crippen molar-refractivity contribution in [3.63, 3.8) is 0 Å². The summed E-state index contributed by atoms with van der Waals surface area (Å²) in [6.07, 6.45) is 3.98. The number of benzene rings is 3. The maximum absolute atomic E-state index is 13.1. The van der Waals surface area contributed by atoms with Crippen LogP contribution in [0.2, 0.25) is 0 Å². The fourth-order valence-electron chi connectivity index (χ4n) is 4.34. The molecule has 1 saturated heterocycles. The number of nitriles is 2. The van der Waals surface area contributed by atoms with Gasteiger partial charge in [-0.05, 0) is 54.0 Å². The number of allylic oxidation sites excluding steroid dienone is 1. The Bertz CT molecular complexity index is 1370. The Morgan fingerprint density at radius 3 is 2.38 bits per heavy atom. The van der Waals surface area contributed by atoms with Crippen LogP contribution in [0, 0.1) is 22.7 Å². The molecule has 0 spiro atoms. The van der Waals surface area contributed by atoms with Crippen molar-refractivity contribution < 1.29 is 9.53 Å². The van der Waals surface area contributed by atoms with Gasteiger partial charge in [-0.25, -0.2) is 0 Å². The molecule has 0 bridgehead atoms. The van der Waals surface area contributed by atoms with Gasteiger partial charge in [0.15, 0.2) is 0 Å². The second-order valence-corrected chi connectivity index (χ2v) is 8.70. The van der Waals surface area contributed by atoms with Crippen LogP contribution in [-0.2, 0) is 17.8 Å². The summed E-state index contributed by atoms with van der Waals surface area (Å²) in [6.45, 7) is 6.66. The summed E-state index contributed by atoms with van der Waals surface area (Å²) in [6, 6.07) is 27.3. The summed E-state index contributed by atoms with van der Waals surface area (Å²) in [5.74, 6) is 0.417. The van der Waals surface area contributed by atoms with E-state index in [4.69, 9.17) is 4.74 Å². The van der Waals surface area contributed by atoms with Crippen LogP contribution in [0.4, 0.5) is 5.69 Å². The van der Waals surface area contributed by atoms with Gasteiger partial charge in [-0.1, -0.05) is 48.5 Å². The monoisotopic (exact) mass is 488 g/mol. The lowest BCUT2D eigenvalue weighted by atomic mass is 10.0. The first-order valence-electron chi connectivity index (χ1n) is 12.2. The molecule has 1 aliphatic rings. The zero-order chi connectivity index (χ0) is 26.0. The summed E-state index contributed by atoms with van der Waals surface area (Å²) in [7, 11) is 0. The molecule has 184 valence electrons. The maximum atomic E-state index is 13.1. The molecule has 3 aromatic rings. The SMILES string of the molecule is C=CCc1cc(/C=C(/C#N)C(=O)N2CCN(c3ccccc3)CC2)ccc1OCc1ccccc1C#N. The van der Waals surface area contributed by atoms with Gasteiger partial charge in [0.05, 0.1) is 11.6 Å². The van der Waals surface area contributed by atoms with Crippen LogP contribution in [-0.4, -0.2) is 37.0 Å². The number of rotatable bonds is 8. The van der Waals surface area contributed by atoms with Crippen molar-refractivity contribution in [1.82, 2.24) is 4.90 Å². The van der Waals surface area contributed by atoms with E-state index in [1.54, 1.807) is 23.1 Å². The van der Waals surface area contributed by atoms with E-state index in [0.29, 0.717) is 30.8 Å². The Morgan fingerprint density at radius 2 is 1.68 bits per heavy atom. The third-order valence-corrected chi connectivity index (χ3v) is 6.32. The molecule has 1 amide bonds. The number of carbonyl (C=O) groups is 1. The Morgan fingerprint density at radius 1 is 0.946 bits per heavy atom. The number of anilines is 1. The minimum Gasteiger partial charge on any atom is -0.489 e. The quantitative estimate of drug-likeness (QED) is 0.250. The lowest BCUT2D eigenvalue weighted by Gasteiger charge is -2.36. The van der Waals surface area contributed by atoms with Gasteiger partial charge in [-0.2, -0.15) is 10.5 Å². The van der Waals surface area contributed by atoms with Gasteiger partial charge < -0.3 is 14.5 Å². The predicted molar refractivity (Wildman–Crippen MR) is 145 cm³/mol. The number of nitrogens with zero attached hydrogens (tertiary/aromatic N) is 4. The Hall–Kier alpha value is -4.81. The largest absolute Gasteiger partial charge is 0.489 e. The van der Waals surface area contributed by atoms with Crippen LogP contribution < -0.4 is 9.64 Å². The first-order valence-corrected chi connectivity index (χ1v) is 12.2. The van der Waals surface area contributed by atoms with E-state index in [2.05, 4.69) is 35.8 Å². The van der Waals surface area contributed by atoms with Crippen LogP contribution in [0.25, 0.3) is 6.08 Å². The molecular formula is C31H28N4O2. The van der Waals surface area contributed by atoms with Crippen molar-refractivity contribution in [2.45, 2.75) is 13.0 Å². The number of ether oxygens (including phenoxy) is 1. The molecule has 6 heteroatoms. The first-order chi connectivity index (χ1) is 18.1. The van der Waals surface area contributed by atoms with Crippen LogP contribution in [0.3, 0.4) is 0 Å². The Kier molecular flexibility index (Phi) is 8.37. The second-order valence-electron chi connectivity index (χ2n) is 8.70. The van der Waals surface area contributed by atoms with E-state index >= 15 is 0 Å². The number of amides is 1. The van der Waals surface area contributed by atoms with Gasteiger partial charge in [0.1, 0.15) is 24.0 Å². The summed E-state index contributed by atoms with van der Waals surface area (Å²) in [5.41, 5.74) is 4.26. The van der Waals surface area contributed by atoms with Crippen molar-refractivity contribution in [3.05, 3.63) is 113 Å². The van der Waals surface area contributed by atoms with E-state index < -0.39 is 0 Å². The van der Waals surface area contributed by atoms with Crippen LogP contribution in [0.5, 0.6) is 5.75 Å². The highest BCUT2D eigenvalue weighted by atomic mass is 16.5. The summed E-state index contributed by atoms with van der Waals surface area (Å²) in [5, 5.41) is 19.1. The Balaban J connectivity index is 1.46. The number of hydrogen-bond donors (Lipinski definition) is 0. The third kappa shape index (κ3) is 6.25. The summed E-state index contributed by atoms with van der Waals surface area (Å²) in [4.78, 5) is 17.1. The molecule has 0 aromatic heterocycles. The van der Waals surface area contributed by atoms with E-state index in [1.807, 2.05) is 54.6 Å². The van der Waals surface area contributed by atoms with Crippen LogP contribution in [0.15, 0.2) is 91.0 Å². The molecule has 37 heavy (non-hydrogen) atoms. The minimum absolute atomic E-state index is 0.106. The predicted octanol–water partition coefficient (Wildman–Crippen LogP) is 5.12. The second kappa shape index (κ2) is 12.2. The average Bonchev–Trinajstić information content (AvgIpc) is 2.96. The van der Waals surface area contributed by atoms with Gasteiger partial charge in [-0.15, -0.1) is 6.58 Å². The van der Waals surface area contributed by atoms with Gasteiger partial charge in [0.2, 0.25) is 0 Å².